The topological polar surface area (TPSA) is 53.2 Å². The maximum atomic E-state index is 10.1. The second-order valence-corrected chi connectivity index (χ2v) is 5.33. The van der Waals surface area contributed by atoms with Crippen LogP contribution in [0, 0.1) is 11.3 Å². The minimum atomic E-state index is -0.385. The number of fused-ring (bicyclic) bond motifs is 1. The van der Waals surface area contributed by atoms with E-state index >= 15 is 0 Å². The number of hydrogen-bond donors (Lipinski definition) is 1. The summed E-state index contributed by atoms with van der Waals surface area (Å²) in [5, 5.41) is 19.1. The number of ether oxygens (including phenoxy) is 1. The Bertz CT molecular complexity index is 688. The van der Waals surface area contributed by atoms with E-state index in [1.165, 1.54) is 5.56 Å². The molecule has 0 fully saturated rings. The van der Waals surface area contributed by atoms with Gasteiger partial charge in [0, 0.05) is 5.56 Å². The van der Waals surface area contributed by atoms with Gasteiger partial charge < -0.3 is 9.84 Å². The standard InChI is InChI=1S/C18H17NO2/c19-11-14-4-1-2-5-15(14)12-21-16-9-8-13-6-3-7-18(20)17(13)10-16/h1-2,4-5,8-10,18,20H,3,6-7,12H2/t18-/m0/s1. The van der Waals surface area contributed by atoms with Crippen LogP contribution in [0.4, 0.5) is 0 Å². The van der Waals surface area contributed by atoms with Gasteiger partial charge in [0.05, 0.1) is 17.7 Å². The van der Waals surface area contributed by atoms with E-state index in [1.54, 1.807) is 6.07 Å². The molecular weight excluding hydrogens is 262 g/mol. The summed E-state index contributed by atoms with van der Waals surface area (Å²) in [7, 11) is 0. The summed E-state index contributed by atoms with van der Waals surface area (Å²) in [6, 6.07) is 15.5. The molecule has 2 aromatic carbocycles. The summed E-state index contributed by atoms with van der Waals surface area (Å²) in [4.78, 5) is 0. The molecule has 0 saturated heterocycles. The first kappa shape index (κ1) is 13.7. The molecule has 0 radical (unpaired) electrons. The second-order valence-electron chi connectivity index (χ2n) is 5.33. The van der Waals surface area contributed by atoms with Gasteiger partial charge in [-0.3, -0.25) is 0 Å². The Morgan fingerprint density at radius 2 is 2.10 bits per heavy atom. The van der Waals surface area contributed by atoms with E-state index in [2.05, 4.69) is 6.07 Å². The molecule has 2 aromatic rings. The van der Waals surface area contributed by atoms with Crippen LogP contribution >= 0.6 is 0 Å². The summed E-state index contributed by atoms with van der Waals surface area (Å²) >= 11 is 0. The SMILES string of the molecule is N#Cc1ccccc1COc1ccc2c(c1)[C@@H](O)CCC2. The summed E-state index contributed by atoms with van der Waals surface area (Å²) < 4.78 is 5.79. The monoisotopic (exact) mass is 279 g/mol. The summed E-state index contributed by atoms with van der Waals surface area (Å²) in [6.45, 7) is 0.360. The lowest BCUT2D eigenvalue weighted by molar-refractivity contribution is 0.156. The third kappa shape index (κ3) is 2.91. The quantitative estimate of drug-likeness (QED) is 0.935. The highest BCUT2D eigenvalue weighted by Crippen LogP contribution is 2.32. The number of aryl methyl sites for hydroxylation is 1. The summed E-state index contributed by atoms with van der Waals surface area (Å²) in [5.74, 6) is 0.738. The minimum absolute atomic E-state index is 0.360. The van der Waals surface area contributed by atoms with Crippen LogP contribution in [0.1, 0.15) is 41.2 Å². The van der Waals surface area contributed by atoms with Crippen molar-refractivity contribution in [3.8, 4) is 11.8 Å². The molecule has 21 heavy (non-hydrogen) atoms. The van der Waals surface area contributed by atoms with E-state index in [4.69, 9.17) is 10.00 Å². The van der Waals surface area contributed by atoms with Crippen LogP contribution in [0.15, 0.2) is 42.5 Å². The number of aliphatic hydroxyl groups excluding tert-OH is 1. The predicted molar refractivity (Wildman–Crippen MR) is 79.8 cm³/mol. The van der Waals surface area contributed by atoms with Gasteiger partial charge in [-0.2, -0.15) is 5.26 Å². The minimum Gasteiger partial charge on any atom is -0.489 e. The van der Waals surface area contributed by atoms with Crippen molar-refractivity contribution in [2.75, 3.05) is 0 Å². The first-order valence-electron chi connectivity index (χ1n) is 7.19. The van der Waals surface area contributed by atoms with Gasteiger partial charge in [-0.15, -0.1) is 0 Å². The molecule has 0 heterocycles. The Morgan fingerprint density at radius 3 is 2.95 bits per heavy atom. The highest BCUT2D eigenvalue weighted by molar-refractivity contribution is 5.40. The van der Waals surface area contributed by atoms with Gasteiger partial charge in [-0.1, -0.05) is 24.3 Å². The summed E-state index contributed by atoms with van der Waals surface area (Å²) in [6.07, 6.45) is 2.48. The first-order valence-corrected chi connectivity index (χ1v) is 7.19. The molecule has 0 spiro atoms. The van der Waals surface area contributed by atoms with Crippen molar-refractivity contribution in [2.24, 2.45) is 0 Å². The Kier molecular flexibility index (Phi) is 3.89. The Balaban J connectivity index is 1.77. The number of nitrogens with zero attached hydrogens (tertiary/aromatic N) is 1. The molecular formula is C18H17NO2. The predicted octanol–water partition coefficient (Wildman–Crippen LogP) is 3.51. The molecule has 1 aliphatic rings. The Hall–Kier alpha value is -2.31. The van der Waals surface area contributed by atoms with Crippen LogP contribution in [0.25, 0.3) is 0 Å². The maximum Gasteiger partial charge on any atom is 0.120 e. The molecule has 3 rings (SSSR count). The third-order valence-electron chi connectivity index (χ3n) is 3.93. The number of benzene rings is 2. The lowest BCUT2D eigenvalue weighted by atomic mass is 9.89. The van der Waals surface area contributed by atoms with Gasteiger partial charge in [0.1, 0.15) is 12.4 Å². The van der Waals surface area contributed by atoms with Gasteiger partial charge in [0.2, 0.25) is 0 Å². The smallest absolute Gasteiger partial charge is 0.120 e. The number of rotatable bonds is 3. The lowest BCUT2D eigenvalue weighted by Gasteiger charge is -2.22. The van der Waals surface area contributed by atoms with E-state index in [0.29, 0.717) is 12.2 Å². The fourth-order valence-electron chi connectivity index (χ4n) is 2.76. The molecule has 106 valence electrons. The number of hydrogen-bond acceptors (Lipinski definition) is 3. The van der Waals surface area contributed by atoms with Gasteiger partial charge in [0.15, 0.2) is 0 Å². The molecule has 1 aliphatic carbocycles. The Labute approximate surface area is 124 Å². The first-order chi connectivity index (χ1) is 10.3. The normalized spacial score (nSPS) is 16.9. The second kappa shape index (κ2) is 5.99. The van der Waals surface area contributed by atoms with Crippen LogP contribution in [0.5, 0.6) is 5.75 Å². The maximum absolute atomic E-state index is 10.1. The van der Waals surface area contributed by atoms with E-state index in [9.17, 15) is 5.11 Å². The highest BCUT2D eigenvalue weighted by atomic mass is 16.5. The molecule has 1 N–H and O–H groups in total. The van der Waals surface area contributed by atoms with Gasteiger partial charge in [0.25, 0.3) is 0 Å². The molecule has 3 nitrogen and oxygen atoms in total. The zero-order valence-corrected chi connectivity index (χ0v) is 11.7. The molecule has 0 unspecified atom stereocenters. The van der Waals surface area contributed by atoms with Crippen LogP contribution in [0.2, 0.25) is 0 Å². The van der Waals surface area contributed by atoms with E-state index in [1.807, 2.05) is 36.4 Å². The molecule has 3 heteroatoms. The van der Waals surface area contributed by atoms with E-state index < -0.39 is 0 Å². The lowest BCUT2D eigenvalue weighted by Crippen LogP contribution is -2.09. The van der Waals surface area contributed by atoms with E-state index in [-0.39, 0.29) is 6.10 Å². The van der Waals surface area contributed by atoms with Gasteiger partial charge in [-0.25, -0.2) is 0 Å². The summed E-state index contributed by atoms with van der Waals surface area (Å²) in [5.41, 5.74) is 3.69. The molecule has 0 saturated carbocycles. The average molecular weight is 279 g/mol. The largest absolute Gasteiger partial charge is 0.489 e. The van der Waals surface area contributed by atoms with Crippen molar-refractivity contribution < 1.29 is 9.84 Å². The van der Waals surface area contributed by atoms with Crippen LogP contribution in [0.3, 0.4) is 0 Å². The zero-order valence-electron chi connectivity index (χ0n) is 11.7. The number of aliphatic hydroxyl groups is 1. The fourth-order valence-corrected chi connectivity index (χ4v) is 2.76. The molecule has 0 aromatic heterocycles. The molecule has 0 amide bonds. The van der Waals surface area contributed by atoms with Gasteiger partial charge >= 0.3 is 0 Å². The molecule has 0 bridgehead atoms. The zero-order chi connectivity index (χ0) is 14.7. The van der Waals surface area contributed by atoms with Crippen LogP contribution in [-0.2, 0) is 13.0 Å². The van der Waals surface area contributed by atoms with Crippen molar-refractivity contribution >= 4 is 0 Å². The van der Waals surface area contributed by atoms with Crippen molar-refractivity contribution in [3.63, 3.8) is 0 Å². The Morgan fingerprint density at radius 1 is 1.24 bits per heavy atom. The van der Waals surface area contributed by atoms with Crippen molar-refractivity contribution in [1.29, 1.82) is 5.26 Å². The van der Waals surface area contributed by atoms with Crippen LogP contribution < -0.4 is 4.74 Å². The third-order valence-corrected chi connectivity index (χ3v) is 3.93. The van der Waals surface area contributed by atoms with Crippen molar-refractivity contribution in [3.05, 3.63) is 64.7 Å². The van der Waals surface area contributed by atoms with E-state index in [0.717, 1.165) is 36.1 Å². The number of nitriles is 1. The average Bonchev–Trinajstić information content (AvgIpc) is 2.54. The molecule has 0 aliphatic heterocycles. The fraction of sp³-hybridized carbons (Fsp3) is 0.278. The van der Waals surface area contributed by atoms with Crippen LogP contribution in [-0.4, -0.2) is 5.11 Å². The van der Waals surface area contributed by atoms with Gasteiger partial charge in [-0.05, 0) is 48.6 Å². The molecule has 1 atom stereocenters. The van der Waals surface area contributed by atoms with Crippen molar-refractivity contribution in [2.45, 2.75) is 32.0 Å². The van der Waals surface area contributed by atoms with Crippen molar-refractivity contribution in [1.82, 2.24) is 0 Å². The highest BCUT2D eigenvalue weighted by Gasteiger charge is 2.18.